The molecule has 203 valence electrons. The van der Waals surface area contributed by atoms with Gasteiger partial charge in [0.25, 0.3) is 0 Å². The van der Waals surface area contributed by atoms with Gasteiger partial charge in [-0.25, -0.2) is 0 Å². The van der Waals surface area contributed by atoms with E-state index in [0.717, 1.165) is 30.3 Å². The van der Waals surface area contributed by atoms with E-state index in [1.54, 1.807) is 14.2 Å². The van der Waals surface area contributed by atoms with Crippen molar-refractivity contribution in [1.82, 2.24) is 0 Å². The number of benzene rings is 2. The largest absolute Gasteiger partial charge is 0.496 e. The molecule has 0 aromatic heterocycles. The minimum atomic E-state index is 0. The topological polar surface area (TPSA) is 18.5 Å². The maximum atomic E-state index is 5.37. The van der Waals surface area contributed by atoms with Crippen molar-refractivity contribution in [2.75, 3.05) is 14.2 Å². The van der Waals surface area contributed by atoms with E-state index in [1.165, 1.54) is 30.4 Å². The minimum Gasteiger partial charge on any atom is -0.496 e. The summed E-state index contributed by atoms with van der Waals surface area (Å²) in [5.41, 5.74) is 2.53. The number of hydrogen-bond donors (Lipinski definition) is 0. The summed E-state index contributed by atoms with van der Waals surface area (Å²) < 4.78 is 10.5. The normalized spacial score (nSPS) is 9.94. The Kier molecular flexibility index (Phi) is 37.3. The first kappa shape index (κ1) is 44.0. The summed E-state index contributed by atoms with van der Waals surface area (Å²) in [6, 6.07) is 16.3. The molecule has 0 heterocycles. The molecule has 0 spiro atoms. The van der Waals surface area contributed by atoms with E-state index in [-0.39, 0.29) is 47.2 Å². The third-order valence-corrected chi connectivity index (χ3v) is 26.1. The van der Waals surface area contributed by atoms with Crippen molar-refractivity contribution < 1.29 is 35.3 Å². The van der Waals surface area contributed by atoms with Crippen LogP contribution < -0.4 is 9.47 Å². The zero-order valence-electron chi connectivity index (χ0n) is 22.0. The van der Waals surface area contributed by atoms with Crippen LogP contribution in [-0.2, 0) is 38.7 Å². The van der Waals surface area contributed by atoms with Crippen LogP contribution in [0.4, 0.5) is 0 Å². The standard InChI is InChI=1S/C14H22O.C10H12O.C2H4.CH4.H8P6.Sc/c1-4-8-12(5-2)11-13-9-6-7-10-14(13)15-3;1-3-6-9-7-4-5-8-10(9)11-2;1-2;;1-5(2)6(3)4;/h6-7,9-10,12H,4-5,8,11H2,1-3H3;3-5,7-8H,1,6H2,2H3;1-2H2;1H4;1-4H2;. The summed E-state index contributed by atoms with van der Waals surface area (Å²) in [4.78, 5) is 0. The molecule has 0 aliphatic carbocycles. The molecule has 5 unspecified atom stereocenters. The Balaban J connectivity index is -0.000000216. The molecule has 0 amide bonds. The molecular weight excluding hydrogens is 587 g/mol. The van der Waals surface area contributed by atoms with Gasteiger partial charge in [0.15, 0.2) is 0 Å². The van der Waals surface area contributed by atoms with Crippen molar-refractivity contribution in [3.63, 3.8) is 0 Å². The van der Waals surface area contributed by atoms with Crippen LogP contribution in [0.25, 0.3) is 0 Å². The molecule has 1 radical (unpaired) electrons. The van der Waals surface area contributed by atoms with Gasteiger partial charge in [0, 0.05) is 25.8 Å². The Hall–Kier alpha value is 0.970. The third-order valence-electron chi connectivity index (χ3n) is 4.80. The Morgan fingerprint density at radius 1 is 0.833 bits per heavy atom. The number of hydrogen-bond acceptors (Lipinski definition) is 2. The Morgan fingerprint density at radius 3 is 1.61 bits per heavy atom. The van der Waals surface area contributed by atoms with Crippen LogP contribution in [0.3, 0.4) is 0 Å². The smallest absolute Gasteiger partial charge is 0.122 e. The molecule has 0 bridgehead atoms. The van der Waals surface area contributed by atoms with E-state index < -0.39 is 0 Å². The zero-order valence-corrected chi connectivity index (χ0v) is 30.2. The summed E-state index contributed by atoms with van der Waals surface area (Å²) in [5, 5.41) is 0. The van der Waals surface area contributed by atoms with Gasteiger partial charge in [0.1, 0.15) is 11.5 Å². The number of para-hydroxylation sites is 2. The fraction of sp³-hybridized carbons (Fsp3) is 0.407. The molecule has 0 aliphatic rings. The third kappa shape index (κ3) is 21.9. The van der Waals surface area contributed by atoms with Gasteiger partial charge in [-0.15, -0.1) is 55.5 Å². The first-order chi connectivity index (χ1) is 16.3. The molecule has 2 rings (SSSR count). The van der Waals surface area contributed by atoms with Crippen LogP contribution in [0.1, 0.15) is 51.7 Å². The molecule has 9 heteroatoms. The summed E-state index contributed by atoms with van der Waals surface area (Å²) in [6.45, 7) is 14.5. The van der Waals surface area contributed by atoms with E-state index in [4.69, 9.17) is 9.47 Å². The van der Waals surface area contributed by atoms with Gasteiger partial charge >= 0.3 is 0 Å². The second-order valence-corrected chi connectivity index (χ2v) is 26.9. The minimum absolute atomic E-state index is 0. The Labute approximate surface area is 254 Å². The second-order valence-electron chi connectivity index (χ2n) is 7.14. The number of allylic oxidation sites excluding steroid dienone is 1. The zero-order chi connectivity index (χ0) is 26.4. The van der Waals surface area contributed by atoms with E-state index >= 15 is 0 Å². The molecule has 0 fully saturated rings. The average Bonchev–Trinajstić information content (AvgIpc) is 2.86. The predicted octanol–water partition coefficient (Wildman–Crippen LogP) is 10.9. The van der Waals surface area contributed by atoms with E-state index in [1.807, 2.05) is 42.5 Å². The Bertz CT molecular complexity index is 757. The first-order valence-electron chi connectivity index (χ1n) is 11.3. The average molecular weight is 637 g/mol. The van der Waals surface area contributed by atoms with Crippen molar-refractivity contribution in [3.8, 4) is 11.5 Å². The molecule has 0 saturated carbocycles. The number of rotatable bonds is 10. The van der Waals surface area contributed by atoms with Crippen LogP contribution in [0.5, 0.6) is 11.5 Å². The number of ether oxygens (including phenoxy) is 2. The molecule has 5 atom stereocenters. The van der Waals surface area contributed by atoms with Crippen LogP contribution in [0.2, 0.25) is 0 Å². The fourth-order valence-electron chi connectivity index (χ4n) is 3.07. The van der Waals surface area contributed by atoms with E-state index in [2.05, 4.69) is 81.4 Å². The van der Waals surface area contributed by atoms with Gasteiger partial charge in [-0.2, -0.15) is 0 Å². The monoisotopic (exact) mass is 637 g/mol. The molecule has 36 heavy (non-hydrogen) atoms. The predicted molar refractivity (Wildman–Crippen MR) is 183 cm³/mol. The summed E-state index contributed by atoms with van der Waals surface area (Å²) in [7, 11) is 14.6. The van der Waals surface area contributed by atoms with Crippen LogP contribution in [0.15, 0.2) is 74.3 Å². The molecule has 0 aliphatic heterocycles. The Morgan fingerprint density at radius 2 is 1.25 bits per heavy atom. The van der Waals surface area contributed by atoms with Crippen molar-refractivity contribution in [2.45, 2.75) is 53.4 Å². The molecule has 2 aromatic rings. The van der Waals surface area contributed by atoms with Gasteiger partial charge in [0.05, 0.1) is 14.2 Å². The quantitative estimate of drug-likeness (QED) is 0.191. The number of methoxy groups -OCH3 is 2. The van der Waals surface area contributed by atoms with Gasteiger partial charge in [0.2, 0.25) is 0 Å². The van der Waals surface area contributed by atoms with Crippen LogP contribution in [-0.4, -0.2) is 14.2 Å². The molecule has 0 N–H and O–H groups in total. The summed E-state index contributed by atoms with van der Waals surface area (Å²) in [6.07, 6.45) is 7.73. The van der Waals surface area contributed by atoms with Crippen molar-refractivity contribution in [3.05, 3.63) is 85.5 Å². The molecule has 2 aromatic carbocycles. The SMILES string of the molecule is C.C=C.C=CCc1ccccc1OC.CCCC(CC)Cc1ccccc1OC.PP(P)P(P)P.[Sc]. The van der Waals surface area contributed by atoms with Crippen LogP contribution in [0, 0.1) is 5.92 Å². The van der Waals surface area contributed by atoms with Crippen molar-refractivity contribution in [1.29, 1.82) is 0 Å². The van der Waals surface area contributed by atoms with Gasteiger partial charge in [-0.05, 0) is 56.0 Å². The maximum Gasteiger partial charge on any atom is 0.122 e. The maximum absolute atomic E-state index is 5.37. The van der Waals surface area contributed by atoms with Crippen molar-refractivity contribution in [2.24, 2.45) is 5.92 Å². The summed E-state index contributed by atoms with van der Waals surface area (Å²) >= 11 is 0. The fourth-order valence-corrected chi connectivity index (χ4v) is 3.07. The van der Waals surface area contributed by atoms with Gasteiger partial charge in [-0.3, -0.25) is 0 Å². The van der Waals surface area contributed by atoms with Gasteiger partial charge < -0.3 is 9.47 Å². The molecular formula is C27H50O2P6Sc. The molecule has 0 saturated heterocycles. The molecule has 2 nitrogen and oxygen atoms in total. The van der Waals surface area contributed by atoms with Crippen LogP contribution >= 0.6 is 49.7 Å². The summed E-state index contributed by atoms with van der Waals surface area (Å²) in [5.74, 6) is 2.77. The second kappa shape index (κ2) is 30.5. The van der Waals surface area contributed by atoms with E-state index in [0.29, 0.717) is 0 Å². The van der Waals surface area contributed by atoms with E-state index in [9.17, 15) is 0 Å². The van der Waals surface area contributed by atoms with Crippen molar-refractivity contribution >= 4 is 49.7 Å². The van der Waals surface area contributed by atoms with Gasteiger partial charge in [-0.1, -0.05) is 83.0 Å². The first-order valence-corrected chi connectivity index (χ1v) is 21.1.